The Balaban J connectivity index is 1.64. The zero-order valence-electron chi connectivity index (χ0n) is 17.8. The van der Waals surface area contributed by atoms with Crippen LogP contribution in [-0.2, 0) is 25.9 Å². The molecule has 10 heteroatoms. The monoisotopic (exact) mass is 474 g/mol. The van der Waals surface area contributed by atoms with Crippen LogP contribution in [0.4, 0.5) is 23.2 Å². The molecule has 1 aliphatic heterocycles. The number of hydrogen-bond acceptors (Lipinski definition) is 5. The van der Waals surface area contributed by atoms with Crippen LogP contribution in [-0.4, -0.2) is 37.2 Å². The first-order chi connectivity index (χ1) is 16.1. The highest BCUT2D eigenvalue weighted by molar-refractivity contribution is 6.00. The molecular formula is C24H18F4N2O4. The van der Waals surface area contributed by atoms with Gasteiger partial charge in [-0.1, -0.05) is 24.3 Å². The number of anilines is 1. The van der Waals surface area contributed by atoms with Gasteiger partial charge in [-0.15, -0.1) is 0 Å². The summed E-state index contributed by atoms with van der Waals surface area (Å²) in [5, 5.41) is 2.74. The van der Waals surface area contributed by atoms with E-state index < -0.39 is 28.9 Å². The number of esters is 1. The van der Waals surface area contributed by atoms with Crippen LogP contribution in [0.3, 0.4) is 0 Å². The molecule has 3 aromatic rings. The number of hydrogen-bond donors (Lipinski definition) is 1. The maximum atomic E-state index is 13.1. The smallest absolute Gasteiger partial charge is 0.417 e. The zero-order valence-corrected chi connectivity index (χ0v) is 17.8. The lowest BCUT2D eigenvalue weighted by atomic mass is 9.77. The van der Waals surface area contributed by atoms with Crippen molar-refractivity contribution < 1.29 is 36.6 Å². The number of aromatic nitrogens is 1. The van der Waals surface area contributed by atoms with Gasteiger partial charge in [0, 0.05) is 17.4 Å². The number of rotatable bonds is 5. The SMILES string of the molecule is COC(=O)c1cc(C(F)(F)F)cnc1-c1ccc(C2(C(=O)Nc3ccc(F)cc3)COC2)cc1. The summed E-state index contributed by atoms with van der Waals surface area (Å²) in [5.74, 6) is -1.74. The van der Waals surface area contributed by atoms with E-state index in [-0.39, 0.29) is 30.4 Å². The maximum absolute atomic E-state index is 13.1. The molecule has 176 valence electrons. The quantitative estimate of drug-likeness (QED) is 0.432. The lowest BCUT2D eigenvalue weighted by Crippen LogP contribution is -2.55. The largest absolute Gasteiger partial charge is 0.465 e. The first-order valence-electron chi connectivity index (χ1n) is 10.1. The van der Waals surface area contributed by atoms with Gasteiger partial charge in [0.05, 0.1) is 37.1 Å². The van der Waals surface area contributed by atoms with E-state index in [2.05, 4.69) is 15.0 Å². The van der Waals surface area contributed by atoms with Crippen LogP contribution >= 0.6 is 0 Å². The predicted octanol–water partition coefficient (Wildman–Crippen LogP) is 4.60. The number of pyridine rings is 1. The highest BCUT2D eigenvalue weighted by Crippen LogP contribution is 2.36. The number of carbonyl (C=O) groups excluding carboxylic acids is 2. The van der Waals surface area contributed by atoms with Crippen LogP contribution in [0.2, 0.25) is 0 Å². The van der Waals surface area contributed by atoms with Crippen molar-refractivity contribution in [3.05, 3.63) is 83.3 Å². The molecule has 0 bridgehead atoms. The third kappa shape index (κ3) is 4.36. The minimum atomic E-state index is -4.67. The van der Waals surface area contributed by atoms with E-state index >= 15 is 0 Å². The predicted molar refractivity (Wildman–Crippen MR) is 114 cm³/mol. The molecule has 0 atom stereocenters. The summed E-state index contributed by atoms with van der Waals surface area (Å²) in [5.41, 5.74) is -0.990. The highest BCUT2D eigenvalue weighted by Gasteiger charge is 2.47. The van der Waals surface area contributed by atoms with Gasteiger partial charge in [0.2, 0.25) is 5.91 Å². The lowest BCUT2D eigenvalue weighted by molar-refractivity contribution is -0.139. The minimum Gasteiger partial charge on any atom is -0.465 e. The van der Waals surface area contributed by atoms with Gasteiger partial charge in [-0.3, -0.25) is 9.78 Å². The fourth-order valence-corrected chi connectivity index (χ4v) is 3.58. The van der Waals surface area contributed by atoms with Gasteiger partial charge in [-0.25, -0.2) is 9.18 Å². The van der Waals surface area contributed by atoms with Gasteiger partial charge in [-0.2, -0.15) is 13.2 Å². The number of nitrogens with zero attached hydrogens (tertiary/aromatic N) is 1. The molecule has 1 saturated heterocycles. The Morgan fingerprint density at radius 3 is 2.24 bits per heavy atom. The number of amides is 1. The highest BCUT2D eigenvalue weighted by atomic mass is 19.4. The molecule has 0 saturated carbocycles. The number of halogens is 4. The summed E-state index contributed by atoms with van der Waals surface area (Å²) >= 11 is 0. The van der Waals surface area contributed by atoms with E-state index in [0.29, 0.717) is 29.1 Å². The van der Waals surface area contributed by atoms with Crippen LogP contribution in [0.5, 0.6) is 0 Å². The Morgan fingerprint density at radius 1 is 1.06 bits per heavy atom. The fraction of sp³-hybridized carbons (Fsp3) is 0.208. The molecule has 1 fully saturated rings. The number of benzene rings is 2. The topological polar surface area (TPSA) is 77.5 Å². The molecule has 6 nitrogen and oxygen atoms in total. The van der Waals surface area contributed by atoms with Crippen LogP contribution in [0.15, 0.2) is 60.8 Å². The summed E-state index contributed by atoms with van der Waals surface area (Å²) < 4.78 is 62.3. The Kier molecular flexibility index (Phi) is 6.09. The fourth-order valence-electron chi connectivity index (χ4n) is 3.58. The first-order valence-corrected chi connectivity index (χ1v) is 10.1. The van der Waals surface area contributed by atoms with Crippen molar-refractivity contribution in [1.29, 1.82) is 0 Å². The summed E-state index contributed by atoms with van der Waals surface area (Å²) in [6.45, 7) is 0.233. The Morgan fingerprint density at radius 2 is 1.71 bits per heavy atom. The molecule has 0 unspecified atom stereocenters. The van der Waals surface area contributed by atoms with Gasteiger partial charge in [0.1, 0.15) is 11.2 Å². The number of nitrogens with one attached hydrogen (secondary N) is 1. The number of carbonyl (C=O) groups is 2. The Bertz CT molecular complexity index is 1220. The minimum absolute atomic E-state index is 0.0149. The van der Waals surface area contributed by atoms with Gasteiger partial charge in [0.15, 0.2) is 0 Å². The second kappa shape index (κ2) is 8.86. The third-order valence-electron chi connectivity index (χ3n) is 5.56. The average Bonchev–Trinajstić information content (AvgIpc) is 2.79. The molecule has 2 aromatic carbocycles. The summed E-state index contributed by atoms with van der Waals surface area (Å²) in [4.78, 5) is 29.0. The molecule has 34 heavy (non-hydrogen) atoms. The summed E-state index contributed by atoms with van der Waals surface area (Å²) in [7, 11) is 1.07. The van der Waals surface area contributed by atoms with E-state index in [1.54, 1.807) is 24.3 Å². The second-order valence-electron chi connectivity index (χ2n) is 7.72. The number of ether oxygens (including phenoxy) is 2. The summed E-state index contributed by atoms with van der Waals surface area (Å²) in [6.07, 6.45) is -4.03. The van der Waals surface area contributed by atoms with Gasteiger partial charge in [0.25, 0.3) is 0 Å². The maximum Gasteiger partial charge on any atom is 0.417 e. The molecular weight excluding hydrogens is 456 g/mol. The van der Waals surface area contributed by atoms with E-state index in [0.717, 1.165) is 7.11 Å². The summed E-state index contributed by atoms with van der Waals surface area (Å²) in [6, 6.07) is 12.4. The normalized spacial score (nSPS) is 14.7. The first kappa shape index (κ1) is 23.4. The molecule has 0 radical (unpaired) electrons. The standard InChI is InChI=1S/C24H18F4N2O4/c1-33-21(31)19-10-16(24(26,27)28)11-29-20(19)14-2-4-15(5-3-14)23(12-34-13-23)22(32)30-18-8-6-17(25)7-9-18/h2-11H,12-13H2,1H3,(H,30,32). The molecule has 1 aromatic heterocycles. The van der Waals surface area contributed by atoms with Gasteiger partial charge in [-0.05, 0) is 35.9 Å². The van der Waals surface area contributed by atoms with Crippen LogP contribution in [0, 0.1) is 5.82 Å². The van der Waals surface area contributed by atoms with Crippen LogP contribution in [0.1, 0.15) is 21.5 Å². The van der Waals surface area contributed by atoms with Crippen molar-refractivity contribution in [2.75, 3.05) is 25.6 Å². The van der Waals surface area contributed by atoms with Gasteiger partial charge >= 0.3 is 12.1 Å². The van der Waals surface area contributed by atoms with Gasteiger partial charge < -0.3 is 14.8 Å². The van der Waals surface area contributed by atoms with Crippen molar-refractivity contribution in [1.82, 2.24) is 4.98 Å². The molecule has 0 aliphatic carbocycles. The Hall–Kier alpha value is -3.79. The van der Waals surface area contributed by atoms with Crippen molar-refractivity contribution in [2.24, 2.45) is 0 Å². The van der Waals surface area contributed by atoms with Crippen molar-refractivity contribution in [2.45, 2.75) is 11.6 Å². The van der Waals surface area contributed by atoms with Crippen molar-refractivity contribution >= 4 is 17.6 Å². The number of methoxy groups -OCH3 is 1. The van der Waals surface area contributed by atoms with Crippen molar-refractivity contribution in [3.63, 3.8) is 0 Å². The molecule has 4 rings (SSSR count). The molecule has 1 aliphatic rings. The average molecular weight is 474 g/mol. The molecule has 0 spiro atoms. The Labute approximate surface area is 191 Å². The molecule has 1 N–H and O–H groups in total. The second-order valence-corrected chi connectivity index (χ2v) is 7.72. The van der Waals surface area contributed by atoms with E-state index in [1.807, 2.05) is 0 Å². The zero-order chi connectivity index (χ0) is 24.5. The van der Waals surface area contributed by atoms with Crippen LogP contribution < -0.4 is 5.32 Å². The molecule has 2 heterocycles. The van der Waals surface area contributed by atoms with Crippen molar-refractivity contribution in [3.8, 4) is 11.3 Å². The molecule has 1 amide bonds. The van der Waals surface area contributed by atoms with E-state index in [9.17, 15) is 27.2 Å². The van der Waals surface area contributed by atoms with Crippen LogP contribution in [0.25, 0.3) is 11.3 Å². The van der Waals surface area contributed by atoms with E-state index in [1.165, 1.54) is 24.3 Å². The number of alkyl halides is 3. The lowest BCUT2D eigenvalue weighted by Gasteiger charge is -2.40. The third-order valence-corrected chi connectivity index (χ3v) is 5.56. The van der Waals surface area contributed by atoms with E-state index in [4.69, 9.17) is 4.74 Å².